The van der Waals surface area contributed by atoms with E-state index in [9.17, 15) is 9.59 Å². The van der Waals surface area contributed by atoms with Crippen LogP contribution in [0.15, 0.2) is 23.1 Å². The van der Waals surface area contributed by atoms with Crippen LogP contribution in [0.1, 0.15) is 0 Å². The van der Waals surface area contributed by atoms with E-state index < -0.39 is 0 Å². The molecule has 0 atom stereocenters. The van der Waals surface area contributed by atoms with Crippen molar-refractivity contribution in [3.63, 3.8) is 0 Å². The number of carbonyl (C=O) groups excluding carboxylic acids is 1. The highest BCUT2D eigenvalue weighted by atomic mass is 32.2. The Hall–Kier alpha value is -1.30. The zero-order valence-corrected chi connectivity index (χ0v) is 8.94. The summed E-state index contributed by atoms with van der Waals surface area (Å²) in [5.74, 6) is 1.66. The second-order valence-electron chi connectivity index (χ2n) is 3.21. The summed E-state index contributed by atoms with van der Waals surface area (Å²) in [4.78, 5) is 24.7. The minimum atomic E-state index is -0.238. The number of nitrogens with zero attached hydrogens (tertiary/aromatic N) is 3. The first-order valence-corrected chi connectivity index (χ1v) is 5.80. The molecule has 2 heterocycles. The molecular formula is C9H11N3O2S. The number of carbonyl (C=O) groups is 1. The lowest BCUT2D eigenvalue weighted by molar-refractivity contribution is -0.130. The first-order chi connectivity index (χ1) is 7.27. The third kappa shape index (κ3) is 2.38. The van der Waals surface area contributed by atoms with E-state index in [0.717, 1.165) is 18.2 Å². The molecule has 1 saturated heterocycles. The van der Waals surface area contributed by atoms with Gasteiger partial charge in [0, 0.05) is 24.6 Å². The number of rotatable bonds is 2. The van der Waals surface area contributed by atoms with Crippen molar-refractivity contribution >= 4 is 17.7 Å². The third-order valence-electron chi connectivity index (χ3n) is 2.18. The summed E-state index contributed by atoms with van der Waals surface area (Å²) in [6.07, 6.45) is 1.51. The molecule has 15 heavy (non-hydrogen) atoms. The monoisotopic (exact) mass is 225 g/mol. The number of amides is 1. The largest absolute Gasteiger partial charge is 0.331 e. The van der Waals surface area contributed by atoms with E-state index in [1.807, 2.05) is 0 Å². The van der Waals surface area contributed by atoms with Crippen molar-refractivity contribution in [3.8, 4) is 0 Å². The summed E-state index contributed by atoms with van der Waals surface area (Å²) in [6, 6.07) is 2.97. The molecule has 0 aliphatic carbocycles. The van der Waals surface area contributed by atoms with Gasteiger partial charge in [-0.25, -0.2) is 4.68 Å². The summed E-state index contributed by atoms with van der Waals surface area (Å²) in [5, 5.41) is 3.84. The summed E-state index contributed by atoms with van der Waals surface area (Å²) in [6.45, 7) is 0.811. The SMILES string of the molecule is O=C(Cn1ncccc1=O)N1CCSC1. The highest BCUT2D eigenvalue weighted by Crippen LogP contribution is 2.13. The van der Waals surface area contributed by atoms with Crippen LogP contribution in [-0.4, -0.2) is 38.8 Å². The molecule has 1 aromatic rings. The van der Waals surface area contributed by atoms with Crippen LogP contribution in [0.2, 0.25) is 0 Å². The summed E-state index contributed by atoms with van der Waals surface area (Å²) in [5.41, 5.74) is -0.238. The molecule has 1 amide bonds. The van der Waals surface area contributed by atoms with Crippen LogP contribution in [0.4, 0.5) is 0 Å². The molecule has 0 N–H and O–H groups in total. The van der Waals surface area contributed by atoms with Gasteiger partial charge in [0.25, 0.3) is 5.56 Å². The third-order valence-corrected chi connectivity index (χ3v) is 3.14. The van der Waals surface area contributed by atoms with Crippen LogP contribution in [0.5, 0.6) is 0 Å². The van der Waals surface area contributed by atoms with Crippen molar-refractivity contribution in [2.45, 2.75) is 6.54 Å². The second kappa shape index (κ2) is 4.48. The second-order valence-corrected chi connectivity index (χ2v) is 4.29. The Bertz CT molecular complexity index is 412. The molecule has 1 fully saturated rings. The molecule has 80 valence electrons. The zero-order chi connectivity index (χ0) is 10.7. The average Bonchev–Trinajstić information content (AvgIpc) is 2.74. The van der Waals surface area contributed by atoms with Gasteiger partial charge in [0.15, 0.2) is 0 Å². The molecule has 0 saturated carbocycles. The minimum absolute atomic E-state index is 0.0409. The zero-order valence-electron chi connectivity index (χ0n) is 8.13. The Balaban J connectivity index is 2.05. The number of thioether (sulfide) groups is 1. The Morgan fingerprint density at radius 3 is 3.13 bits per heavy atom. The maximum atomic E-state index is 11.7. The lowest BCUT2D eigenvalue weighted by Crippen LogP contribution is -2.35. The Morgan fingerprint density at radius 2 is 2.47 bits per heavy atom. The number of aromatic nitrogens is 2. The van der Waals surface area contributed by atoms with Crippen molar-refractivity contribution < 1.29 is 4.79 Å². The lowest BCUT2D eigenvalue weighted by atomic mass is 10.5. The van der Waals surface area contributed by atoms with Gasteiger partial charge in [-0.05, 0) is 6.07 Å². The van der Waals surface area contributed by atoms with E-state index in [-0.39, 0.29) is 18.0 Å². The van der Waals surface area contributed by atoms with Crippen molar-refractivity contribution in [2.24, 2.45) is 0 Å². The van der Waals surface area contributed by atoms with Crippen molar-refractivity contribution in [1.29, 1.82) is 0 Å². The van der Waals surface area contributed by atoms with Gasteiger partial charge in [0.05, 0.1) is 5.88 Å². The molecule has 0 unspecified atom stereocenters. The molecule has 1 aliphatic rings. The van der Waals surface area contributed by atoms with Crippen LogP contribution in [0, 0.1) is 0 Å². The molecule has 6 heteroatoms. The molecule has 5 nitrogen and oxygen atoms in total. The topological polar surface area (TPSA) is 55.2 Å². The van der Waals surface area contributed by atoms with Crippen LogP contribution in [0.25, 0.3) is 0 Å². The first-order valence-electron chi connectivity index (χ1n) is 4.65. The van der Waals surface area contributed by atoms with E-state index in [4.69, 9.17) is 0 Å². The average molecular weight is 225 g/mol. The fourth-order valence-corrected chi connectivity index (χ4v) is 2.32. The smallest absolute Gasteiger partial charge is 0.267 e. The molecule has 1 aromatic heterocycles. The number of hydrogen-bond donors (Lipinski definition) is 0. The maximum Gasteiger partial charge on any atom is 0.267 e. The Kier molecular flexibility index (Phi) is 3.05. The van der Waals surface area contributed by atoms with Gasteiger partial charge in [-0.2, -0.15) is 5.10 Å². The first kappa shape index (κ1) is 10.2. The normalized spacial score (nSPS) is 15.6. The van der Waals surface area contributed by atoms with Crippen molar-refractivity contribution in [1.82, 2.24) is 14.7 Å². The minimum Gasteiger partial charge on any atom is -0.331 e. The summed E-state index contributed by atoms with van der Waals surface area (Å²) < 4.78 is 1.19. The van der Waals surface area contributed by atoms with Gasteiger partial charge in [0.2, 0.25) is 5.91 Å². The number of hydrogen-bond acceptors (Lipinski definition) is 4. The van der Waals surface area contributed by atoms with Gasteiger partial charge >= 0.3 is 0 Å². The van der Waals surface area contributed by atoms with E-state index in [0.29, 0.717) is 0 Å². The van der Waals surface area contributed by atoms with E-state index in [1.54, 1.807) is 22.7 Å². The van der Waals surface area contributed by atoms with Crippen LogP contribution in [0.3, 0.4) is 0 Å². The Morgan fingerprint density at radius 1 is 1.60 bits per heavy atom. The van der Waals surface area contributed by atoms with Gasteiger partial charge in [-0.1, -0.05) is 0 Å². The molecule has 2 rings (SSSR count). The fraction of sp³-hybridized carbons (Fsp3) is 0.444. The summed E-state index contributed by atoms with van der Waals surface area (Å²) in [7, 11) is 0. The van der Waals surface area contributed by atoms with Crippen LogP contribution >= 0.6 is 11.8 Å². The van der Waals surface area contributed by atoms with E-state index in [1.165, 1.54) is 16.9 Å². The molecule has 0 spiro atoms. The van der Waals surface area contributed by atoms with Gasteiger partial charge in [0.1, 0.15) is 6.54 Å². The molecular weight excluding hydrogens is 214 g/mol. The van der Waals surface area contributed by atoms with Crippen LogP contribution in [-0.2, 0) is 11.3 Å². The fourth-order valence-electron chi connectivity index (χ4n) is 1.34. The maximum absolute atomic E-state index is 11.7. The quantitative estimate of drug-likeness (QED) is 0.698. The van der Waals surface area contributed by atoms with E-state index in [2.05, 4.69) is 5.10 Å². The van der Waals surface area contributed by atoms with Crippen molar-refractivity contribution in [3.05, 3.63) is 28.7 Å². The molecule has 0 bridgehead atoms. The predicted octanol–water partition coefficient (Wildman–Crippen LogP) is -0.224. The van der Waals surface area contributed by atoms with Gasteiger partial charge in [-0.15, -0.1) is 11.8 Å². The molecule has 0 radical (unpaired) electrons. The predicted molar refractivity (Wildman–Crippen MR) is 57.5 cm³/mol. The molecule has 1 aliphatic heterocycles. The standard InChI is InChI=1S/C9H11N3O2S/c13-8-2-1-3-10-12(8)6-9(14)11-4-5-15-7-11/h1-3H,4-7H2. The van der Waals surface area contributed by atoms with E-state index >= 15 is 0 Å². The molecule has 0 aromatic carbocycles. The van der Waals surface area contributed by atoms with Gasteiger partial charge in [-0.3, -0.25) is 9.59 Å². The Labute approximate surface area is 91.1 Å². The highest BCUT2D eigenvalue weighted by Gasteiger charge is 2.18. The summed E-state index contributed by atoms with van der Waals surface area (Å²) >= 11 is 1.72. The van der Waals surface area contributed by atoms with Crippen LogP contribution < -0.4 is 5.56 Å². The lowest BCUT2D eigenvalue weighted by Gasteiger charge is -2.14. The van der Waals surface area contributed by atoms with Gasteiger partial charge < -0.3 is 4.90 Å². The highest BCUT2D eigenvalue weighted by molar-refractivity contribution is 7.99. The van der Waals surface area contributed by atoms with Crippen molar-refractivity contribution in [2.75, 3.05) is 18.2 Å².